The van der Waals surface area contributed by atoms with Crippen LogP contribution in [0.3, 0.4) is 0 Å². The minimum absolute atomic E-state index is 0.173. The maximum absolute atomic E-state index is 11.8. The van der Waals surface area contributed by atoms with Crippen LogP contribution in [-0.4, -0.2) is 77.1 Å². The number of hydrogen-bond donors (Lipinski definition) is 1. The molecule has 0 aromatic heterocycles. The van der Waals surface area contributed by atoms with Gasteiger partial charge < -0.3 is 19.5 Å². The van der Waals surface area contributed by atoms with E-state index in [0.717, 1.165) is 32.6 Å². The molecule has 0 fully saturated rings. The lowest BCUT2D eigenvalue weighted by atomic mass is 10.2. The Kier molecular flexibility index (Phi) is 12.8. The molecule has 0 radical (unpaired) electrons. The number of rotatable bonds is 13. The Morgan fingerprint density at radius 3 is 2.15 bits per heavy atom. The quantitative estimate of drug-likeness (QED) is 0.499. The lowest BCUT2D eigenvalue weighted by molar-refractivity contribution is -0.145. The molecule has 120 valence electrons. The summed E-state index contributed by atoms with van der Waals surface area (Å²) >= 11 is 0. The highest BCUT2D eigenvalue weighted by molar-refractivity contribution is 5.75. The van der Waals surface area contributed by atoms with E-state index in [4.69, 9.17) is 14.2 Å². The molecular weight excluding hydrogens is 260 g/mol. The number of hydrogen-bond acceptors (Lipinski definition) is 6. The van der Waals surface area contributed by atoms with Crippen molar-refractivity contribution < 1.29 is 19.0 Å². The third-order valence-corrected chi connectivity index (χ3v) is 2.98. The second-order valence-electron chi connectivity index (χ2n) is 4.48. The molecule has 0 saturated heterocycles. The molecular formula is C14H30N2O4. The Morgan fingerprint density at radius 1 is 1.10 bits per heavy atom. The van der Waals surface area contributed by atoms with Gasteiger partial charge in [0.1, 0.15) is 6.04 Å². The van der Waals surface area contributed by atoms with Crippen molar-refractivity contribution in [2.45, 2.75) is 26.3 Å². The molecule has 0 heterocycles. The molecule has 0 bridgehead atoms. The fourth-order valence-corrected chi connectivity index (χ4v) is 1.88. The summed E-state index contributed by atoms with van der Waals surface area (Å²) in [6, 6.07) is -0.243. The van der Waals surface area contributed by atoms with Crippen LogP contribution >= 0.6 is 0 Å². The first-order valence-corrected chi connectivity index (χ1v) is 7.29. The van der Waals surface area contributed by atoms with Crippen molar-refractivity contribution in [3.05, 3.63) is 0 Å². The molecule has 1 N–H and O–H groups in total. The lowest BCUT2D eigenvalue weighted by Crippen LogP contribution is -2.42. The van der Waals surface area contributed by atoms with E-state index in [1.807, 2.05) is 13.8 Å². The maximum Gasteiger partial charge on any atom is 0.323 e. The standard InChI is InChI=1S/C14H30N2O4/c1-5-15-13(14(17)20-6-2)7-8-16(9-11-18-3)10-12-19-4/h13,15H,5-12H2,1-4H3. The van der Waals surface area contributed by atoms with Gasteiger partial charge >= 0.3 is 5.97 Å². The minimum Gasteiger partial charge on any atom is -0.465 e. The first-order valence-electron chi connectivity index (χ1n) is 7.29. The summed E-state index contributed by atoms with van der Waals surface area (Å²) in [5, 5.41) is 3.17. The Labute approximate surface area is 122 Å². The number of ether oxygens (including phenoxy) is 3. The van der Waals surface area contributed by atoms with Crippen molar-refractivity contribution in [3.63, 3.8) is 0 Å². The van der Waals surface area contributed by atoms with Crippen molar-refractivity contribution >= 4 is 5.97 Å². The summed E-state index contributed by atoms with van der Waals surface area (Å²) in [7, 11) is 3.38. The van der Waals surface area contributed by atoms with E-state index in [1.54, 1.807) is 14.2 Å². The van der Waals surface area contributed by atoms with Gasteiger partial charge in [0, 0.05) is 33.9 Å². The van der Waals surface area contributed by atoms with E-state index in [9.17, 15) is 4.79 Å². The molecule has 0 spiro atoms. The molecule has 0 rings (SSSR count). The second-order valence-corrected chi connectivity index (χ2v) is 4.48. The zero-order valence-electron chi connectivity index (χ0n) is 13.3. The topological polar surface area (TPSA) is 60.0 Å². The summed E-state index contributed by atoms with van der Waals surface area (Å²) < 4.78 is 15.3. The number of carbonyl (C=O) groups is 1. The van der Waals surface area contributed by atoms with Crippen LogP contribution in [0.15, 0.2) is 0 Å². The van der Waals surface area contributed by atoms with Gasteiger partial charge in [-0.05, 0) is 19.9 Å². The van der Waals surface area contributed by atoms with Gasteiger partial charge in [-0.3, -0.25) is 9.69 Å². The van der Waals surface area contributed by atoms with Crippen molar-refractivity contribution in [1.29, 1.82) is 0 Å². The fraction of sp³-hybridized carbons (Fsp3) is 0.929. The van der Waals surface area contributed by atoms with Crippen LogP contribution in [0.4, 0.5) is 0 Å². The van der Waals surface area contributed by atoms with Gasteiger partial charge in [-0.1, -0.05) is 6.92 Å². The predicted octanol–water partition coefficient (Wildman–Crippen LogP) is 0.513. The zero-order valence-corrected chi connectivity index (χ0v) is 13.3. The summed E-state index contributed by atoms with van der Waals surface area (Å²) in [4.78, 5) is 14.1. The van der Waals surface area contributed by atoms with Crippen molar-refractivity contribution in [1.82, 2.24) is 10.2 Å². The van der Waals surface area contributed by atoms with Gasteiger partial charge in [-0.25, -0.2) is 0 Å². The van der Waals surface area contributed by atoms with Crippen LogP contribution in [0.5, 0.6) is 0 Å². The Bertz CT molecular complexity index is 231. The normalized spacial score (nSPS) is 12.7. The van der Waals surface area contributed by atoms with E-state index in [-0.39, 0.29) is 12.0 Å². The molecule has 0 aliphatic rings. The molecule has 0 aromatic carbocycles. The number of likely N-dealkylation sites (N-methyl/N-ethyl adjacent to an activating group) is 1. The molecule has 0 saturated carbocycles. The largest absolute Gasteiger partial charge is 0.465 e. The third kappa shape index (κ3) is 9.25. The molecule has 0 aliphatic heterocycles. The van der Waals surface area contributed by atoms with Crippen LogP contribution in [0, 0.1) is 0 Å². The molecule has 20 heavy (non-hydrogen) atoms. The minimum atomic E-state index is -0.243. The van der Waals surface area contributed by atoms with Crippen molar-refractivity contribution in [2.75, 3.05) is 60.2 Å². The smallest absolute Gasteiger partial charge is 0.323 e. The van der Waals surface area contributed by atoms with Gasteiger partial charge in [-0.15, -0.1) is 0 Å². The van der Waals surface area contributed by atoms with Gasteiger partial charge in [0.05, 0.1) is 19.8 Å². The highest BCUT2D eigenvalue weighted by atomic mass is 16.5. The molecule has 6 nitrogen and oxygen atoms in total. The van der Waals surface area contributed by atoms with Crippen LogP contribution in [0.1, 0.15) is 20.3 Å². The fourth-order valence-electron chi connectivity index (χ4n) is 1.88. The highest BCUT2D eigenvalue weighted by Crippen LogP contribution is 2.00. The third-order valence-electron chi connectivity index (χ3n) is 2.98. The highest BCUT2D eigenvalue weighted by Gasteiger charge is 2.19. The first kappa shape index (κ1) is 19.3. The summed E-state index contributed by atoms with van der Waals surface area (Å²) in [6.45, 7) is 8.80. The van der Waals surface area contributed by atoms with E-state index in [2.05, 4.69) is 10.2 Å². The van der Waals surface area contributed by atoms with E-state index in [0.29, 0.717) is 19.8 Å². The van der Waals surface area contributed by atoms with E-state index in [1.165, 1.54) is 0 Å². The Morgan fingerprint density at radius 2 is 1.70 bits per heavy atom. The Hall–Kier alpha value is -0.690. The van der Waals surface area contributed by atoms with E-state index >= 15 is 0 Å². The van der Waals surface area contributed by atoms with E-state index < -0.39 is 0 Å². The van der Waals surface area contributed by atoms with Crippen LogP contribution in [-0.2, 0) is 19.0 Å². The summed E-state index contributed by atoms with van der Waals surface area (Å²) in [6.07, 6.45) is 0.722. The second kappa shape index (κ2) is 13.3. The van der Waals surface area contributed by atoms with Gasteiger partial charge in [-0.2, -0.15) is 0 Å². The maximum atomic E-state index is 11.8. The molecule has 1 atom stereocenters. The Balaban J connectivity index is 4.24. The van der Waals surface area contributed by atoms with Crippen molar-refractivity contribution in [2.24, 2.45) is 0 Å². The monoisotopic (exact) mass is 290 g/mol. The lowest BCUT2D eigenvalue weighted by Gasteiger charge is -2.24. The zero-order chi connectivity index (χ0) is 15.2. The molecule has 1 unspecified atom stereocenters. The molecule has 0 amide bonds. The average Bonchev–Trinajstić information content (AvgIpc) is 2.45. The predicted molar refractivity (Wildman–Crippen MR) is 78.9 cm³/mol. The number of methoxy groups -OCH3 is 2. The number of esters is 1. The molecule has 6 heteroatoms. The number of nitrogens with one attached hydrogen (secondary N) is 1. The number of carbonyl (C=O) groups excluding carboxylic acids is 1. The van der Waals surface area contributed by atoms with Gasteiger partial charge in [0.15, 0.2) is 0 Å². The molecule has 0 aliphatic carbocycles. The first-order chi connectivity index (χ1) is 9.69. The van der Waals surface area contributed by atoms with Crippen LogP contribution in [0.2, 0.25) is 0 Å². The van der Waals surface area contributed by atoms with Gasteiger partial charge in [0.2, 0.25) is 0 Å². The van der Waals surface area contributed by atoms with Crippen LogP contribution in [0.25, 0.3) is 0 Å². The SMILES string of the molecule is CCNC(CCN(CCOC)CCOC)C(=O)OCC. The van der Waals surface area contributed by atoms with Crippen LogP contribution < -0.4 is 5.32 Å². The van der Waals surface area contributed by atoms with Gasteiger partial charge in [0.25, 0.3) is 0 Å². The average molecular weight is 290 g/mol. The summed E-state index contributed by atoms with van der Waals surface area (Å²) in [5.74, 6) is -0.173. The van der Waals surface area contributed by atoms with Crippen molar-refractivity contribution in [3.8, 4) is 0 Å². The number of nitrogens with zero attached hydrogens (tertiary/aromatic N) is 1. The summed E-state index contributed by atoms with van der Waals surface area (Å²) in [5.41, 5.74) is 0. The molecule has 0 aromatic rings.